The summed E-state index contributed by atoms with van der Waals surface area (Å²) in [7, 11) is -1.56. The molecule has 34 heavy (non-hydrogen) atoms. The Bertz CT molecular complexity index is 1300. The summed E-state index contributed by atoms with van der Waals surface area (Å²) in [5, 5.41) is 3.41. The zero-order valence-electron chi connectivity index (χ0n) is 19.6. The number of hydrogen-bond acceptors (Lipinski definition) is 7. The molecule has 0 bridgehead atoms. The minimum atomic E-state index is -3.71. The second-order valence-corrected chi connectivity index (χ2v) is 11.6. The molecular weight excluding hydrogens is 466 g/mol. The first-order chi connectivity index (χ1) is 16.3. The highest BCUT2D eigenvalue weighted by Crippen LogP contribution is 2.51. The number of anilines is 3. The van der Waals surface area contributed by atoms with Crippen molar-refractivity contribution in [2.45, 2.75) is 22.6 Å². The van der Waals surface area contributed by atoms with Gasteiger partial charge >= 0.3 is 10.1 Å². The van der Waals surface area contributed by atoms with Gasteiger partial charge in [0.15, 0.2) is 5.75 Å². The zero-order chi connectivity index (χ0) is 23.9. The van der Waals surface area contributed by atoms with Crippen LogP contribution in [0.25, 0.3) is 0 Å². The summed E-state index contributed by atoms with van der Waals surface area (Å²) in [5.41, 5.74) is 4.81. The molecule has 6 nitrogen and oxygen atoms in total. The number of para-hydroxylation sites is 1. The molecule has 1 unspecified atom stereocenters. The Morgan fingerprint density at radius 2 is 1.65 bits per heavy atom. The van der Waals surface area contributed by atoms with Crippen molar-refractivity contribution < 1.29 is 12.6 Å². The van der Waals surface area contributed by atoms with Gasteiger partial charge in [0.2, 0.25) is 0 Å². The van der Waals surface area contributed by atoms with E-state index < -0.39 is 10.1 Å². The average molecular weight is 496 g/mol. The van der Waals surface area contributed by atoms with E-state index in [9.17, 15) is 8.42 Å². The first-order valence-electron chi connectivity index (χ1n) is 11.4. The highest BCUT2D eigenvalue weighted by molar-refractivity contribution is 7.99. The smallest absolute Gasteiger partial charge is 0.306 e. The zero-order valence-corrected chi connectivity index (χ0v) is 21.2. The number of nitrogens with one attached hydrogen (secondary N) is 1. The molecule has 1 saturated heterocycles. The van der Waals surface area contributed by atoms with Crippen LogP contribution < -0.4 is 14.4 Å². The maximum absolute atomic E-state index is 12.2. The molecule has 1 fully saturated rings. The molecule has 1 N–H and O–H groups in total. The molecule has 2 aliphatic heterocycles. The van der Waals surface area contributed by atoms with Gasteiger partial charge in [0.1, 0.15) is 0 Å². The van der Waals surface area contributed by atoms with Crippen molar-refractivity contribution in [1.82, 2.24) is 4.90 Å². The summed E-state index contributed by atoms with van der Waals surface area (Å²) < 4.78 is 30.0. The van der Waals surface area contributed by atoms with Crippen LogP contribution in [-0.4, -0.2) is 52.8 Å². The van der Waals surface area contributed by atoms with Gasteiger partial charge in [0, 0.05) is 53.1 Å². The van der Waals surface area contributed by atoms with Crippen molar-refractivity contribution in [3.05, 3.63) is 71.8 Å². The summed E-state index contributed by atoms with van der Waals surface area (Å²) in [4.78, 5) is 6.79. The third kappa shape index (κ3) is 4.76. The monoisotopic (exact) mass is 495 g/mol. The lowest BCUT2D eigenvalue weighted by Gasteiger charge is -2.34. The Morgan fingerprint density at radius 1 is 0.941 bits per heavy atom. The Labute approximate surface area is 206 Å². The average Bonchev–Trinajstić information content (AvgIpc) is 2.82. The van der Waals surface area contributed by atoms with Crippen molar-refractivity contribution in [2.24, 2.45) is 0 Å². The topological polar surface area (TPSA) is 61.9 Å². The molecule has 0 aliphatic carbocycles. The second kappa shape index (κ2) is 9.17. The third-order valence-electron chi connectivity index (χ3n) is 6.48. The molecule has 0 radical (unpaired) electrons. The molecule has 3 aromatic rings. The van der Waals surface area contributed by atoms with Crippen LogP contribution in [0.4, 0.5) is 17.1 Å². The summed E-state index contributed by atoms with van der Waals surface area (Å²) in [6, 6.07) is 20.6. The SMILES string of the molecule is CC(c1ccc(N2CCN(C)CC2)cc1)c1ccc2c(c1OS(C)(=O)=O)Nc1ccccc1S2. The largest absolute Gasteiger partial charge is 0.380 e. The van der Waals surface area contributed by atoms with Crippen LogP contribution in [0, 0.1) is 0 Å². The van der Waals surface area contributed by atoms with Crippen LogP contribution in [0.5, 0.6) is 5.75 Å². The fourth-order valence-corrected chi connectivity index (χ4v) is 5.97. The van der Waals surface area contributed by atoms with E-state index in [0.717, 1.165) is 59.0 Å². The summed E-state index contributed by atoms with van der Waals surface area (Å²) in [6.45, 7) is 6.26. The fourth-order valence-electron chi connectivity index (χ4n) is 4.50. The molecule has 0 aromatic heterocycles. The number of hydrogen-bond donors (Lipinski definition) is 1. The van der Waals surface area contributed by atoms with Crippen LogP contribution in [0.3, 0.4) is 0 Å². The molecule has 3 aromatic carbocycles. The molecule has 8 heteroatoms. The van der Waals surface area contributed by atoms with E-state index in [-0.39, 0.29) is 5.92 Å². The van der Waals surface area contributed by atoms with Crippen LogP contribution in [-0.2, 0) is 10.1 Å². The van der Waals surface area contributed by atoms with Gasteiger partial charge in [-0.05, 0) is 42.9 Å². The predicted octanol–water partition coefficient (Wildman–Crippen LogP) is 5.14. The lowest BCUT2D eigenvalue weighted by molar-refractivity contribution is 0.313. The lowest BCUT2D eigenvalue weighted by Crippen LogP contribution is -2.44. The van der Waals surface area contributed by atoms with E-state index in [4.69, 9.17) is 4.18 Å². The first-order valence-corrected chi connectivity index (χ1v) is 14.1. The first kappa shape index (κ1) is 23.1. The van der Waals surface area contributed by atoms with E-state index in [1.54, 1.807) is 11.8 Å². The van der Waals surface area contributed by atoms with Gasteiger partial charge in [-0.2, -0.15) is 8.42 Å². The van der Waals surface area contributed by atoms with E-state index in [2.05, 4.69) is 53.4 Å². The number of piperazine rings is 1. The summed E-state index contributed by atoms with van der Waals surface area (Å²) >= 11 is 1.61. The van der Waals surface area contributed by atoms with Gasteiger partial charge in [0.05, 0.1) is 17.6 Å². The fraction of sp³-hybridized carbons (Fsp3) is 0.308. The van der Waals surface area contributed by atoms with Gasteiger partial charge < -0.3 is 19.3 Å². The van der Waals surface area contributed by atoms with Crippen LogP contribution in [0.1, 0.15) is 24.0 Å². The number of benzene rings is 3. The maximum atomic E-state index is 12.2. The number of nitrogens with zero attached hydrogens (tertiary/aromatic N) is 2. The van der Waals surface area contributed by atoms with E-state index in [0.29, 0.717) is 11.4 Å². The molecule has 5 rings (SSSR count). The molecule has 2 heterocycles. The highest BCUT2D eigenvalue weighted by Gasteiger charge is 2.26. The van der Waals surface area contributed by atoms with Crippen LogP contribution >= 0.6 is 11.8 Å². The van der Waals surface area contributed by atoms with Crippen molar-refractivity contribution in [1.29, 1.82) is 0 Å². The number of fused-ring (bicyclic) bond motifs is 2. The van der Waals surface area contributed by atoms with Gasteiger partial charge in [-0.1, -0.05) is 49.0 Å². The molecule has 0 spiro atoms. The third-order valence-corrected chi connectivity index (χ3v) is 8.08. The van der Waals surface area contributed by atoms with Crippen molar-refractivity contribution in [3.8, 4) is 5.75 Å². The van der Waals surface area contributed by atoms with E-state index in [1.807, 2.05) is 36.4 Å². The Balaban J connectivity index is 1.48. The lowest BCUT2D eigenvalue weighted by atomic mass is 9.91. The van der Waals surface area contributed by atoms with Gasteiger partial charge in [-0.3, -0.25) is 0 Å². The predicted molar refractivity (Wildman–Crippen MR) is 139 cm³/mol. The Kier molecular flexibility index (Phi) is 6.22. The molecule has 0 saturated carbocycles. The number of likely N-dealkylation sites (N-methyl/N-ethyl adjacent to an activating group) is 1. The number of rotatable bonds is 5. The minimum Gasteiger partial charge on any atom is -0.380 e. The Morgan fingerprint density at radius 3 is 2.35 bits per heavy atom. The highest BCUT2D eigenvalue weighted by atomic mass is 32.2. The van der Waals surface area contributed by atoms with Crippen LogP contribution in [0.15, 0.2) is 70.5 Å². The molecule has 178 valence electrons. The van der Waals surface area contributed by atoms with Gasteiger partial charge in [-0.25, -0.2) is 0 Å². The quantitative estimate of drug-likeness (QED) is 0.385. The maximum Gasteiger partial charge on any atom is 0.306 e. The second-order valence-electron chi connectivity index (χ2n) is 8.97. The molecule has 1 atom stereocenters. The van der Waals surface area contributed by atoms with Gasteiger partial charge in [0.25, 0.3) is 0 Å². The Hall–Kier alpha value is -2.68. The minimum absolute atomic E-state index is 0.0486. The van der Waals surface area contributed by atoms with Crippen molar-refractivity contribution >= 4 is 38.9 Å². The molecule has 0 amide bonds. The normalized spacial score (nSPS) is 16.9. The van der Waals surface area contributed by atoms with Crippen LogP contribution in [0.2, 0.25) is 0 Å². The van der Waals surface area contributed by atoms with Crippen molar-refractivity contribution in [3.63, 3.8) is 0 Å². The standard InChI is InChI=1S/C26H29N3O3S2/c1-18(19-8-10-20(11-9-19)29-16-14-28(2)15-17-29)21-12-13-24-25(26(21)32-34(3,30)31)27-22-6-4-5-7-23(22)33-24/h4-13,18,27H,14-17H2,1-3H3. The van der Waals surface area contributed by atoms with Crippen molar-refractivity contribution in [2.75, 3.05) is 49.7 Å². The molecule has 2 aliphatic rings. The van der Waals surface area contributed by atoms with E-state index in [1.165, 1.54) is 5.69 Å². The summed E-state index contributed by atoms with van der Waals surface area (Å²) in [5.74, 6) is 0.324. The van der Waals surface area contributed by atoms with E-state index >= 15 is 0 Å². The van der Waals surface area contributed by atoms with Gasteiger partial charge in [-0.15, -0.1) is 0 Å². The molecular formula is C26H29N3O3S2. The summed E-state index contributed by atoms with van der Waals surface area (Å²) in [6.07, 6.45) is 1.09.